The van der Waals surface area contributed by atoms with Gasteiger partial charge in [0, 0.05) is 0 Å². The van der Waals surface area contributed by atoms with E-state index < -0.39 is 11.9 Å². The number of aromatic amines is 1. The predicted molar refractivity (Wildman–Crippen MR) is 59.9 cm³/mol. The lowest BCUT2D eigenvalue weighted by Crippen LogP contribution is -2.09. The number of halogens is 3. The number of aromatic nitrogens is 3. The largest absolute Gasteiger partial charge is 0.437 e. The van der Waals surface area contributed by atoms with Crippen molar-refractivity contribution >= 4 is 0 Å². The van der Waals surface area contributed by atoms with Crippen molar-refractivity contribution in [2.24, 2.45) is 0 Å². The van der Waals surface area contributed by atoms with Gasteiger partial charge in [0.15, 0.2) is 5.69 Å². The zero-order valence-corrected chi connectivity index (χ0v) is 9.54. The lowest BCUT2D eigenvalue weighted by Gasteiger charge is -2.04. The summed E-state index contributed by atoms with van der Waals surface area (Å²) < 4.78 is 37.5. The minimum Gasteiger partial charge on any atom is -0.197 e. The summed E-state index contributed by atoms with van der Waals surface area (Å²) in [5.74, 6) is 0. The number of nitrogens with one attached hydrogen (secondary N) is 1. The van der Waals surface area contributed by atoms with Crippen LogP contribution in [0.2, 0.25) is 0 Å². The van der Waals surface area contributed by atoms with Gasteiger partial charge in [-0.3, -0.25) is 0 Å². The van der Waals surface area contributed by atoms with Crippen LogP contribution in [0.25, 0.3) is 0 Å². The molecule has 1 heterocycles. The number of aryl methyl sites for hydroxylation is 2. The second-order valence-corrected chi connectivity index (χ2v) is 3.96. The van der Waals surface area contributed by atoms with Crippen LogP contribution >= 0.6 is 0 Å². The zero-order valence-electron chi connectivity index (χ0n) is 9.54. The Bertz CT molecular complexity index is 491. The van der Waals surface area contributed by atoms with Crippen molar-refractivity contribution in [2.75, 3.05) is 0 Å². The van der Waals surface area contributed by atoms with Gasteiger partial charge in [-0.2, -0.15) is 28.6 Å². The van der Waals surface area contributed by atoms with Crippen LogP contribution < -0.4 is 0 Å². The van der Waals surface area contributed by atoms with Gasteiger partial charge in [-0.05, 0) is 24.8 Å². The number of alkyl halides is 3. The Morgan fingerprint density at radius 2 is 1.72 bits per heavy atom. The van der Waals surface area contributed by atoms with Crippen molar-refractivity contribution in [1.29, 1.82) is 0 Å². The summed E-state index contributed by atoms with van der Waals surface area (Å²) in [7, 11) is 0. The lowest BCUT2D eigenvalue weighted by atomic mass is 10.1. The van der Waals surface area contributed by atoms with Crippen LogP contribution in [0.3, 0.4) is 0 Å². The van der Waals surface area contributed by atoms with Crippen LogP contribution in [0.15, 0.2) is 30.3 Å². The monoisotopic (exact) mass is 255 g/mol. The molecule has 0 aliphatic rings. The topological polar surface area (TPSA) is 41.6 Å². The normalized spacial score (nSPS) is 11.7. The smallest absolute Gasteiger partial charge is 0.197 e. The standard InChI is InChI=1S/C12H12F3N3/c13-12(14,15)11-10(16-18-17-11)8-4-7-9-5-2-1-3-6-9/h1-3,5-6H,4,7-8H2,(H,16,17,18). The average Bonchev–Trinajstić information content (AvgIpc) is 2.78. The molecule has 6 heteroatoms. The highest BCUT2D eigenvalue weighted by molar-refractivity contribution is 5.16. The summed E-state index contributed by atoms with van der Waals surface area (Å²) in [6.45, 7) is 0. The Labute approximate surface area is 102 Å². The molecule has 0 bridgehead atoms. The molecule has 0 radical (unpaired) electrons. The average molecular weight is 255 g/mol. The molecular formula is C12H12F3N3. The molecule has 1 N–H and O–H groups in total. The molecule has 1 aromatic carbocycles. The van der Waals surface area contributed by atoms with Gasteiger partial charge < -0.3 is 0 Å². The predicted octanol–water partition coefficient (Wildman–Crippen LogP) is 3.00. The molecule has 0 aliphatic heterocycles. The van der Waals surface area contributed by atoms with Gasteiger partial charge >= 0.3 is 6.18 Å². The lowest BCUT2D eigenvalue weighted by molar-refractivity contribution is -0.141. The van der Waals surface area contributed by atoms with E-state index in [1.54, 1.807) is 0 Å². The van der Waals surface area contributed by atoms with E-state index >= 15 is 0 Å². The van der Waals surface area contributed by atoms with Gasteiger partial charge in [-0.1, -0.05) is 30.3 Å². The van der Waals surface area contributed by atoms with Crippen LogP contribution in [0.1, 0.15) is 23.4 Å². The Morgan fingerprint density at radius 3 is 2.39 bits per heavy atom. The third kappa shape index (κ3) is 3.09. The molecule has 0 saturated carbocycles. The second-order valence-electron chi connectivity index (χ2n) is 3.96. The molecule has 0 unspecified atom stereocenters. The maximum absolute atomic E-state index is 12.5. The molecule has 1 aromatic heterocycles. The first kappa shape index (κ1) is 12.6. The summed E-state index contributed by atoms with van der Waals surface area (Å²) in [6, 6.07) is 9.63. The van der Waals surface area contributed by atoms with E-state index in [0.717, 1.165) is 12.0 Å². The van der Waals surface area contributed by atoms with E-state index in [1.807, 2.05) is 35.5 Å². The number of H-pyrrole nitrogens is 1. The maximum atomic E-state index is 12.5. The van der Waals surface area contributed by atoms with Gasteiger partial charge in [0.2, 0.25) is 0 Å². The number of hydrogen-bond acceptors (Lipinski definition) is 2. The van der Waals surface area contributed by atoms with Crippen LogP contribution in [-0.2, 0) is 19.0 Å². The fourth-order valence-corrected chi connectivity index (χ4v) is 1.76. The molecule has 0 atom stereocenters. The SMILES string of the molecule is FC(F)(F)c1n[nH]nc1CCCc1ccccc1. The maximum Gasteiger partial charge on any atom is 0.437 e. The van der Waals surface area contributed by atoms with E-state index in [0.29, 0.717) is 6.42 Å². The number of rotatable bonds is 4. The first-order chi connectivity index (χ1) is 8.57. The first-order valence-corrected chi connectivity index (χ1v) is 5.58. The van der Waals surface area contributed by atoms with E-state index in [2.05, 4.69) is 10.2 Å². The molecule has 96 valence electrons. The highest BCUT2D eigenvalue weighted by Crippen LogP contribution is 2.29. The van der Waals surface area contributed by atoms with Crippen molar-refractivity contribution in [3.8, 4) is 0 Å². The summed E-state index contributed by atoms with van der Waals surface area (Å²) in [5.41, 5.74) is 0.184. The quantitative estimate of drug-likeness (QED) is 0.912. The van der Waals surface area contributed by atoms with Gasteiger partial charge in [-0.15, -0.1) is 0 Å². The minimum absolute atomic E-state index is 0.0153. The molecule has 0 fully saturated rings. The minimum atomic E-state index is -4.44. The zero-order chi connectivity index (χ0) is 13.0. The van der Waals surface area contributed by atoms with Gasteiger partial charge in [-0.25, -0.2) is 0 Å². The van der Waals surface area contributed by atoms with Crippen molar-refractivity contribution in [1.82, 2.24) is 15.4 Å². The number of benzene rings is 1. The van der Waals surface area contributed by atoms with Crippen LogP contribution in [0.4, 0.5) is 13.2 Å². The van der Waals surface area contributed by atoms with E-state index in [1.165, 1.54) is 0 Å². The Kier molecular flexibility index (Phi) is 3.64. The van der Waals surface area contributed by atoms with Crippen molar-refractivity contribution in [2.45, 2.75) is 25.4 Å². The summed E-state index contributed by atoms with van der Waals surface area (Å²) >= 11 is 0. The summed E-state index contributed by atoms with van der Waals surface area (Å²) in [6.07, 6.45) is -2.83. The van der Waals surface area contributed by atoms with E-state index in [-0.39, 0.29) is 12.1 Å². The van der Waals surface area contributed by atoms with Gasteiger partial charge in [0.1, 0.15) is 0 Å². The molecule has 3 nitrogen and oxygen atoms in total. The first-order valence-electron chi connectivity index (χ1n) is 5.58. The van der Waals surface area contributed by atoms with Crippen LogP contribution in [0, 0.1) is 0 Å². The Hall–Kier alpha value is -1.85. The fraction of sp³-hybridized carbons (Fsp3) is 0.333. The summed E-state index contributed by atoms with van der Waals surface area (Å²) in [5, 5.41) is 8.74. The highest BCUT2D eigenvalue weighted by atomic mass is 19.4. The molecular weight excluding hydrogens is 243 g/mol. The molecule has 2 rings (SSSR count). The fourth-order valence-electron chi connectivity index (χ4n) is 1.76. The van der Waals surface area contributed by atoms with Crippen molar-refractivity contribution in [3.63, 3.8) is 0 Å². The molecule has 2 aromatic rings. The van der Waals surface area contributed by atoms with Crippen LogP contribution in [-0.4, -0.2) is 15.4 Å². The van der Waals surface area contributed by atoms with Crippen LogP contribution in [0.5, 0.6) is 0 Å². The highest BCUT2D eigenvalue weighted by Gasteiger charge is 2.37. The van der Waals surface area contributed by atoms with Crippen molar-refractivity contribution < 1.29 is 13.2 Å². The number of hydrogen-bond donors (Lipinski definition) is 1. The Morgan fingerprint density at radius 1 is 1.00 bits per heavy atom. The molecule has 0 aliphatic carbocycles. The summed E-state index contributed by atoms with van der Waals surface area (Å²) in [4.78, 5) is 0. The van der Waals surface area contributed by atoms with E-state index in [9.17, 15) is 13.2 Å². The molecule has 0 spiro atoms. The second kappa shape index (κ2) is 5.20. The van der Waals surface area contributed by atoms with Gasteiger partial charge in [0.25, 0.3) is 0 Å². The van der Waals surface area contributed by atoms with E-state index in [4.69, 9.17) is 0 Å². The number of nitrogens with zero attached hydrogens (tertiary/aromatic N) is 2. The third-order valence-corrected chi connectivity index (χ3v) is 2.61. The molecule has 0 amide bonds. The van der Waals surface area contributed by atoms with Crippen molar-refractivity contribution in [3.05, 3.63) is 47.3 Å². The molecule has 18 heavy (non-hydrogen) atoms. The van der Waals surface area contributed by atoms with Gasteiger partial charge in [0.05, 0.1) is 5.69 Å². The molecule has 0 saturated heterocycles. The third-order valence-electron chi connectivity index (χ3n) is 2.61. The Balaban J connectivity index is 1.93.